The maximum atomic E-state index is 11.8. The quantitative estimate of drug-likeness (QED) is 0.758. The summed E-state index contributed by atoms with van der Waals surface area (Å²) in [5.41, 5.74) is 0.0874. The van der Waals surface area contributed by atoms with Crippen molar-refractivity contribution in [2.24, 2.45) is 0 Å². The fraction of sp³-hybridized carbons (Fsp3) is 0.714. The lowest BCUT2D eigenvalue weighted by atomic mass is 9.93. The number of nitrogens with one attached hydrogen (secondary N) is 2. The van der Waals surface area contributed by atoms with Crippen LogP contribution in [-0.2, 0) is 21.6 Å². The Labute approximate surface area is 118 Å². The molecule has 1 fully saturated rings. The fourth-order valence-corrected chi connectivity index (χ4v) is 2.45. The number of hydrogen-bond donors (Lipinski definition) is 2. The van der Waals surface area contributed by atoms with Crippen LogP contribution in [0.25, 0.3) is 0 Å². The van der Waals surface area contributed by atoms with Crippen molar-refractivity contribution in [3.8, 4) is 0 Å². The van der Waals surface area contributed by atoms with Gasteiger partial charge in [0.05, 0.1) is 5.69 Å². The molecule has 0 radical (unpaired) electrons. The molecule has 6 nitrogen and oxygen atoms in total. The lowest BCUT2D eigenvalue weighted by molar-refractivity contribution is -0.100. The van der Waals surface area contributed by atoms with E-state index in [1.165, 1.54) is 6.07 Å². The molecule has 1 aromatic heterocycles. The van der Waals surface area contributed by atoms with Crippen LogP contribution in [0.2, 0.25) is 0 Å². The molecule has 0 aromatic carbocycles. The van der Waals surface area contributed by atoms with E-state index in [4.69, 9.17) is 9.47 Å². The highest BCUT2D eigenvalue weighted by molar-refractivity contribution is 5.10. The highest BCUT2D eigenvalue weighted by Gasteiger charge is 2.37. The van der Waals surface area contributed by atoms with E-state index in [0.29, 0.717) is 38.4 Å². The molecule has 1 aliphatic rings. The second-order valence-electron chi connectivity index (χ2n) is 5.07. The van der Waals surface area contributed by atoms with E-state index in [9.17, 15) is 4.79 Å². The van der Waals surface area contributed by atoms with E-state index >= 15 is 0 Å². The van der Waals surface area contributed by atoms with E-state index < -0.39 is 5.60 Å². The van der Waals surface area contributed by atoms with Crippen molar-refractivity contribution in [3.63, 3.8) is 0 Å². The Morgan fingerprint density at radius 1 is 1.50 bits per heavy atom. The first-order chi connectivity index (χ1) is 9.70. The Morgan fingerprint density at radius 3 is 2.90 bits per heavy atom. The lowest BCUT2D eigenvalue weighted by Gasteiger charge is -2.34. The molecular weight excluding hydrogens is 258 g/mol. The van der Waals surface area contributed by atoms with Gasteiger partial charge < -0.3 is 19.8 Å². The Hall–Kier alpha value is -1.24. The van der Waals surface area contributed by atoms with Crippen molar-refractivity contribution < 1.29 is 9.47 Å². The van der Waals surface area contributed by atoms with Crippen LogP contribution in [0.4, 0.5) is 0 Å². The molecule has 2 rings (SSSR count). The number of hydrogen-bond acceptors (Lipinski definition) is 5. The Balaban J connectivity index is 2.23. The topological polar surface area (TPSA) is 76.2 Å². The molecule has 0 spiro atoms. The van der Waals surface area contributed by atoms with E-state index in [-0.39, 0.29) is 5.56 Å². The zero-order valence-corrected chi connectivity index (χ0v) is 12.2. The van der Waals surface area contributed by atoms with Crippen LogP contribution in [0, 0.1) is 0 Å². The van der Waals surface area contributed by atoms with Gasteiger partial charge in [-0.15, -0.1) is 0 Å². The van der Waals surface area contributed by atoms with Gasteiger partial charge in [0.1, 0.15) is 11.4 Å². The van der Waals surface area contributed by atoms with Crippen LogP contribution in [0.3, 0.4) is 0 Å². The van der Waals surface area contributed by atoms with Crippen molar-refractivity contribution in [1.29, 1.82) is 0 Å². The molecule has 20 heavy (non-hydrogen) atoms. The predicted molar refractivity (Wildman–Crippen MR) is 75.6 cm³/mol. The summed E-state index contributed by atoms with van der Waals surface area (Å²) in [7, 11) is 1.66. The standard InChI is InChI=1S/C14H23N3O3/c1-3-6-15-10-11-9-12(18)17-13(16-11)14(19-2)4-7-20-8-5-14/h9,15H,3-8,10H2,1-2H3,(H,16,17,18). The summed E-state index contributed by atoms with van der Waals surface area (Å²) in [6, 6.07) is 1.54. The number of aromatic nitrogens is 2. The maximum absolute atomic E-state index is 11.8. The molecule has 0 bridgehead atoms. The van der Waals surface area contributed by atoms with Gasteiger partial charge in [0.15, 0.2) is 0 Å². The zero-order chi connectivity index (χ0) is 14.4. The maximum Gasteiger partial charge on any atom is 0.251 e. The van der Waals surface area contributed by atoms with Gasteiger partial charge in [0, 0.05) is 45.8 Å². The number of nitrogens with zero attached hydrogens (tertiary/aromatic N) is 1. The van der Waals surface area contributed by atoms with Crippen molar-refractivity contribution >= 4 is 0 Å². The number of aromatic amines is 1. The van der Waals surface area contributed by atoms with Gasteiger partial charge in [-0.1, -0.05) is 6.92 Å². The van der Waals surface area contributed by atoms with Crippen LogP contribution >= 0.6 is 0 Å². The molecule has 112 valence electrons. The summed E-state index contributed by atoms with van der Waals surface area (Å²) >= 11 is 0. The molecule has 2 N–H and O–H groups in total. The fourth-order valence-electron chi connectivity index (χ4n) is 2.45. The minimum absolute atomic E-state index is 0.133. The highest BCUT2D eigenvalue weighted by Crippen LogP contribution is 2.32. The highest BCUT2D eigenvalue weighted by atomic mass is 16.5. The largest absolute Gasteiger partial charge is 0.381 e. The van der Waals surface area contributed by atoms with E-state index in [1.807, 2.05) is 0 Å². The minimum Gasteiger partial charge on any atom is -0.381 e. The van der Waals surface area contributed by atoms with Crippen LogP contribution in [0.5, 0.6) is 0 Å². The molecule has 0 saturated carbocycles. The summed E-state index contributed by atoms with van der Waals surface area (Å²) in [5, 5.41) is 3.26. The Morgan fingerprint density at radius 2 is 2.25 bits per heavy atom. The molecule has 1 saturated heterocycles. The third-order valence-electron chi connectivity index (χ3n) is 3.65. The molecule has 2 heterocycles. The monoisotopic (exact) mass is 281 g/mol. The van der Waals surface area contributed by atoms with Crippen molar-refractivity contribution in [3.05, 3.63) is 27.9 Å². The molecule has 0 atom stereocenters. The summed E-state index contributed by atoms with van der Waals surface area (Å²) in [4.78, 5) is 19.2. The van der Waals surface area contributed by atoms with Gasteiger partial charge in [-0.25, -0.2) is 4.98 Å². The van der Waals surface area contributed by atoms with Gasteiger partial charge >= 0.3 is 0 Å². The van der Waals surface area contributed by atoms with Crippen molar-refractivity contribution in [2.75, 3.05) is 26.9 Å². The van der Waals surface area contributed by atoms with E-state index in [1.54, 1.807) is 7.11 Å². The van der Waals surface area contributed by atoms with Gasteiger partial charge in [-0.2, -0.15) is 0 Å². The molecule has 0 unspecified atom stereocenters. The number of ether oxygens (including phenoxy) is 2. The van der Waals surface area contributed by atoms with Crippen LogP contribution in [0.15, 0.2) is 10.9 Å². The molecular formula is C14H23N3O3. The first-order valence-corrected chi connectivity index (χ1v) is 7.14. The van der Waals surface area contributed by atoms with Crippen molar-refractivity contribution in [2.45, 2.75) is 38.3 Å². The second-order valence-corrected chi connectivity index (χ2v) is 5.07. The van der Waals surface area contributed by atoms with Crippen molar-refractivity contribution in [1.82, 2.24) is 15.3 Å². The third-order valence-corrected chi connectivity index (χ3v) is 3.65. The molecule has 0 amide bonds. The van der Waals surface area contributed by atoms with Crippen LogP contribution < -0.4 is 10.9 Å². The average molecular weight is 281 g/mol. The van der Waals surface area contributed by atoms with E-state index in [0.717, 1.165) is 18.7 Å². The summed E-state index contributed by atoms with van der Waals surface area (Å²) in [6.07, 6.45) is 2.46. The number of methoxy groups -OCH3 is 1. The SMILES string of the molecule is CCCNCc1cc(=O)[nH]c(C2(OC)CCOCC2)n1. The predicted octanol–water partition coefficient (Wildman–Crippen LogP) is 0.922. The van der Waals surface area contributed by atoms with Gasteiger partial charge in [0.2, 0.25) is 0 Å². The third kappa shape index (κ3) is 3.45. The summed E-state index contributed by atoms with van der Waals surface area (Å²) in [5.74, 6) is 0.615. The first kappa shape index (κ1) is 15.2. The first-order valence-electron chi connectivity index (χ1n) is 7.14. The molecule has 1 aliphatic heterocycles. The molecule has 0 aliphatic carbocycles. The van der Waals surface area contributed by atoms with Gasteiger partial charge in [-0.05, 0) is 13.0 Å². The van der Waals surface area contributed by atoms with E-state index in [2.05, 4.69) is 22.2 Å². The summed E-state index contributed by atoms with van der Waals surface area (Å²) in [6.45, 7) is 4.85. The lowest BCUT2D eigenvalue weighted by Crippen LogP contribution is -2.39. The average Bonchev–Trinajstić information content (AvgIpc) is 2.48. The number of rotatable bonds is 6. The Kier molecular flexibility index (Phi) is 5.28. The Bertz CT molecular complexity index is 481. The molecule has 6 heteroatoms. The zero-order valence-electron chi connectivity index (χ0n) is 12.2. The minimum atomic E-state index is -0.530. The number of H-pyrrole nitrogens is 1. The van der Waals surface area contributed by atoms with Crippen LogP contribution in [0.1, 0.15) is 37.7 Å². The van der Waals surface area contributed by atoms with Gasteiger partial charge in [0.25, 0.3) is 5.56 Å². The normalized spacial score (nSPS) is 18.1. The smallest absolute Gasteiger partial charge is 0.251 e. The van der Waals surface area contributed by atoms with Gasteiger partial charge in [-0.3, -0.25) is 4.79 Å². The van der Waals surface area contributed by atoms with Crippen LogP contribution in [-0.4, -0.2) is 36.8 Å². The summed E-state index contributed by atoms with van der Waals surface area (Å²) < 4.78 is 11.0. The second kappa shape index (κ2) is 6.97. The molecule has 1 aromatic rings.